The number of hydrogen-bond donors (Lipinski definition) is 1. The van der Waals surface area contributed by atoms with Crippen molar-refractivity contribution in [3.8, 4) is 16.3 Å². The number of aryl methyl sites for hydroxylation is 1. The van der Waals surface area contributed by atoms with Crippen LogP contribution in [0.15, 0.2) is 53.7 Å². The van der Waals surface area contributed by atoms with Gasteiger partial charge >= 0.3 is 12.1 Å². The highest BCUT2D eigenvalue weighted by Crippen LogP contribution is 2.33. The minimum Gasteiger partial charge on any atom is -0.479 e. The standard InChI is InChI=1S/C25H25F3N2O4S/c1-4-20(16-8-12-19(13-9-16)34-21(5-2)24(31)32)30-33-14-22-15(3)29-23(35-22)17-6-10-18(11-7-17)25(26,27)28/h6-13,21H,4-5,14H2,1-3H3,(H,31,32). The topological polar surface area (TPSA) is 81.0 Å². The van der Waals surface area contributed by atoms with E-state index in [0.29, 0.717) is 34.9 Å². The lowest BCUT2D eigenvalue weighted by Gasteiger charge is -2.13. The molecule has 3 aromatic rings. The number of hydrogen-bond acceptors (Lipinski definition) is 6. The molecule has 1 aromatic heterocycles. The van der Waals surface area contributed by atoms with Gasteiger partial charge in [-0.25, -0.2) is 9.78 Å². The normalized spacial score (nSPS) is 12.9. The van der Waals surface area contributed by atoms with Crippen molar-refractivity contribution in [3.63, 3.8) is 0 Å². The predicted octanol–water partition coefficient (Wildman–Crippen LogP) is 6.71. The molecule has 1 atom stereocenters. The first-order valence-corrected chi connectivity index (χ1v) is 11.8. The van der Waals surface area contributed by atoms with Crippen molar-refractivity contribution >= 4 is 23.0 Å². The summed E-state index contributed by atoms with van der Waals surface area (Å²) in [7, 11) is 0. The van der Waals surface area contributed by atoms with Crippen LogP contribution in [0.1, 0.15) is 48.4 Å². The predicted molar refractivity (Wildman–Crippen MR) is 128 cm³/mol. The monoisotopic (exact) mass is 506 g/mol. The van der Waals surface area contributed by atoms with Crippen LogP contribution in [0.2, 0.25) is 0 Å². The number of benzene rings is 2. The van der Waals surface area contributed by atoms with Gasteiger partial charge in [-0.15, -0.1) is 11.3 Å². The van der Waals surface area contributed by atoms with Crippen LogP contribution in [-0.2, 0) is 22.4 Å². The number of aromatic nitrogens is 1. The van der Waals surface area contributed by atoms with Crippen molar-refractivity contribution in [1.29, 1.82) is 0 Å². The van der Waals surface area contributed by atoms with Gasteiger partial charge in [0.1, 0.15) is 10.8 Å². The van der Waals surface area contributed by atoms with Crippen LogP contribution in [0.25, 0.3) is 10.6 Å². The van der Waals surface area contributed by atoms with Crippen LogP contribution < -0.4 is 4.74 Å². The van der Waals surface area contributed by atoms with Crippen LogP contribution in [0.5, 0.6) is 5.75 Å². The Morgan fingerprint density at radius 3 is 2.31 bits per heavy atom. The number of carboxylic acid groups (broad SMARTS) is 1. The van der Waals surface area contributed by atoms with E-state index in [1.807, 2.05) is 13.8 Å². The summed E-state index contributed by atoms with van der Waals surface area (Å²) in [6.07, 6.45) is -4.33. The number of carboxylic acids is 1. The zero-order chi connectivity index (χ0) is 25.6. The number of oxime groups is 1. The summed E-state index contributed by atoms with van der Waals surface area (Å²) in [4.78, 5) is 22.0. The highest BCUT2D eigenvalue weighted by Gasteiger charge is 2.30. The first kappa shape index (κ1) is 26.2. The fourth-order valence-electron chi connectivity index (χ4n) is 3.18. The highest BCUT2D eigenvalue weighted by molar-refractivity contribution is 7.15. The van der Waals surface area contributed by atoms with Crippen LogP contribution in [-0.4, -0.2) is 27.9 Å². The molecule has 0 bridgehead atoms. The second-order valence-corrected chi connectivity index (χ2v) is 8.73. The molecule has 10 heteroatoms. The molecular weight excluding hydrogens is 481 g/mol. The first-order valence-electron chi connectivity index (χ1n) is 10.9. The molecule has 0 saturated carbocycles. The van der Waals surface area contributed by atoms with Crippen molar-refractivity contribution in [3.05, 3.63) is 70.2 Å². The number of alkyl halides is 3. The summed E-state index contributed by atoms with van der Waals surface area (Å²) in [5, 5.41) is 14.0. The molecule has 0 aliphatic rings. The van der Waals surface area contributed by atoms with E-state index in [1.54, 1.807) is 31.2 Å². The quantitative estimate of drug-likeness (QED) is 0.244. The molecule has 1 unspecified atom stereocenters. The fourth-order valence-corrected chi connectivity index (χ4v) is 4.15. The van der Waals surface area contributed by atoms with E-state index in [1.165, 1.54) is 23.5 Å². The summed E-state index contributed by atoms with van der Waals surface area (Å²) in [5.74, 6) is -0.559. The van der Waals surface area contributed by atoms with Crippen molar-refractivity contribution < 1.29 is 32.6 Å². The molecule has 2 aromatic carbocycles. The lowest BCUT2D eigenvalue weighted by Crippen LogP contribution is -2.25. The fraction of sp³-hybridized carbons (Fsp3) is 0.320. The van der Waals surface area contributed by atoms with Gasteiger partial charge in [0, 0.05) is 5.56 Å². The smallest absolute Gasteiger partial charge is 0.416 e. The molecule has 1 heterocycles. The maximum Gasteiger partial charge on any atom is 0.416 e. The minimum absolute atomic E-state index is 0.172. The Morgan fingerprint density at radius 2 is 1.77 bits per heavy atom. The Hall–Kier alpha value is -3.40. The number of halogens is 3. The molecule has 186 valence electrons. The molecular formula is C25H25F3N2O4S. The van der Waals surface area contributed by atoms with Gasteiger partial charge in [0.15, 0.2) is 12.7 Å². The Morgan fingerprint density at radius 1 is 1.11 bits per heavy atom. The molecule has 0 amide bonds. The summed E-state index contributed by atoms with van der Waals surface area (Å²) in [6.45, 7) is 5.66. The minimum atomic E-state index is -4.38. The Balaban J connectivity index is 1.66. The van der Waals surface area contributed by atoms with Gasteiger partial charge < -0.3 is 14.7 Å². The average Bonchev–Trinajstić information content (AvgIpc) is 3.20. The lowest BCUT2D eigenvalue weighted by atomic mass is 10.1. The van der Waals surface area contributed by atoms with Crippen molar-refractivity contribution in [2.75, 3.05) is 0 Å². The van der Waals surface area contributed by atoms with Gasteiger partial charge in [-0.1, -0.05) is 31.1 Å². The second kappa shape index (κ2) is 11.4. The van der Waals surface area contributed by atoms with E-state index >= 15 is 0 Å². The molecule has 35 heavy (non-hydrogen) atoms. The molecule has 0 aliphatic carbocycles. The number of nitrogens with zero attached hydrogens (tertiary/aromatic N) is 2. The average molecular weight is 507 g/mol. The number of thiazole rings is 1. The summed E-state index contributed by atoms with van der Waals surface area (Å²) < 4.78 is 43.8. The van der Waals surface area contributed by atoms with E-state index in [4.69, 9.17) is 14.7 Å². The van der Waals surface area contributed by atoms with Crippen LogP contribution in [0.3, 0.4) is 0 Å². The summed E-state index contributed by atoms with van der Waals surface area (Å²) >= 11 is 1.34. The number of rotatable bonds is 10. The van der Waals surface area contributed by atoms with E-state index in [-0.39, 0.29) is 6.61 Å². The highest BCUT2D eigenvalue weighted by atomic mass is 32.1. The third-order valence-electron chi connectivity index (χ3n) is 5.17. The zero-order valence-corrected chi connectivity index (χ0v) is 20.2. The molecule has 6 nitrogen and oxygen atoms in total. The van der Waals surface area contributed by atoms with E-state index in [2.05, 4.69) is 10.1 Å². The number of ether oxygens (including phenoxy) is 1. The van der Waals surface area contributed by atoms with Crippen molar-refractivity contribution in [2.24, 2.45) is 5.16 Å². The molecule has 1 N–H and O–H groups in total. The number of carbonyl (C=O) groups is 1. The molecule has 0 fully saturated rings. The van der Waals surface area contributed by atoms with Crippen molar-refractivity contribution in [2.45, 2.75) is 52.5 Å². The molecule has 0 radical (unpaired) electrons. The van der Waals surface area contributed by atoms with Gasteiger partial charge in [0.05, 0.1) is 21.8 Å². The first-order chi connectivity index (χ1) is 16.6. The van der Waals surface area contributed by atoms with Gasteiger partial charge in [0.2, 0.25) is 0 Å². The van der Waals surface area contributed by atoms with E-state index in [9.17, 15) is 18.0 Å². The maximum atomic E-state index is 12.8. The van der Waals surface area contributed by atoms with Crippen LogP contribution in [0.4, 0.5) is 13.2 Å². The molecule has 0 aliphatic heterocycles. The Labute approximate surface area is 205 Å². The third-order valence-corrected chi connectivity index (χ3v) is 6.35. The Bertz CT molecular complexity index is 1170. The number of aliphatic carboxylic acids is 1. The SMILES string of the molecule is CCC(=NOCc1sc(-c2ccc(C(F)(F)F)cc2)nc1C)c1ccc(OC(CC)C(=O)O)cc1. The maximum absolute atomic E-state index is 12.8. The summed E-state index contributed by atoms with van der Waals surface area (Å²) in [6, 6.07) is 11.9. The summed E-state index contributed by atoms with van der Waals surface area (Å²) in [5.41, 5.74) is 2.14. The zero-order valence-electron chi connectivity index (χ0n) is 19.4. The van der Waals surface area contributed by atoms with Crippen LogP contribution >= 0.6 is 11.3 Å². The van der Waals surface area contributed by atoms with E-state index in [0.717, 1.165) is 28.3 Å². The third kappa shape index (κ3) is 6.82. The molecule has 0 spiro atoms. The van der Waals surface area contributed by atoms with Gasteiger partial charge in [-0.3, -0.25) is 0 Å². The Kier molecular flexibility index (Phi) is 8.50. The largest absolute Gasteiger partial charge is 0.479 e. The van der Waals surface area contributed by atoms with Gasteiger partial charge in [-0.05, 0) is 61.7 Å². The van der Waals surface area contributed by atoms with Gasteiger partial charge in [-0.2, -0.15) is 13.2 Å². The lowest BCUT2D eigenvalue weighted by molar-refractivity contribution is -0.145. The van der Waals surface area contributed by atoms with Gasteiger partial charge in [0.25, 0.3) is 0 Å². The second-order valence-electron chi connectivity index (χ2n) is 7.65. The van der Waals surface area contributed by atoms with E-state index < -0.39 is 23.8 Å². The molecule has 0 saturated heterocycles. The van der Waals surface area contributed by atoms with Crippen LogP contribution in [0, 0.1) is 6.92 Å². The molecule has 3 rings (SSSR count). The van der Waals surface area contributed by atoms with Crippen molar-refractivity contribution in [1.82, 2.24) is 4.98 Å².